The number of hydrogen-bond donors (Lipinski definition) is 2. The fourth-order valence-electron chi connectivity index (χ4n) is 1.07. The predicted octanol–water partition coefficient (Wildman–Crippen LogP) is 1.05. The first-order chi connectivity index (χ1) is 8.02. The highest BCUT2D eigenvalue weighted by atomic mass is 19.1. The summed E-state index contributed by atoms with van der Waals surface area (Å²) in [4.78, 5) is 22.3. The molecule has 0 saturated heterocycles. The molecule has 1 rings (SSSR count). The largest absolute Gasteiger partial charge is 0.481 e. The van der Waals surface area contributed by atoms with E-state index < -0.39 is 23.9 Å². The van der Waals surface area contributed by atoms with Crippen molar-refractivity contribution >= 4 is 11.9 Å². The number of ether oxygens (including phenoxy) is 1. The van der Waals surface area contributed by atoms with Crippen molar-refractivity contribution in [3.05, 3.63) is 30.1 Å². The quantitative estimate of drug-likeness (QED) is 0.829. The molecule has 2 N–H and O–H groups in total. The number of hydrogen-bond acceptors (Lipinski definition) is 3. The fourth-order valence-corrected chi connectivity index (χ4v) is 1.07. The highest BCUT2D eigenvalue weighted by molar-refractivity contribution is 5.96. The minimum Gasteiger partial charge on any atom is -0.481 e. The van der Waals surface area contributed by atoms with Crippen molar-refractivity contribution in [1.82, 2.24) is 10.6 Å². The van der Waals surface area contributed by atoms with Crippen LogP contribution >= 0.6 is 0 Å². The van der Waals surface area contributed by atoms with Crippen LogP contribution in [0.2, 0.25) is 0 Å². The summed E-state index contributed by atoms with van der Waals surface area (Å²) in [6.07, 6.45) is -0.894. The molecule has 6 heteroatoms. The van der Waals surface area contributed by atoms with Crippen LogP contribution in [-0.2, 0) is 4.79 Å². The molecular weight excluding hydrogens is 227 g/mol. The number of halogens is 1. The van der Waals surface area contributed by atoms with Gasteiger partial charge in [-0.3, -0.25) is 10.1 Å². The molecular formula is C11H13FN2O3. The number of amides is 3. The summed E-state index contributed by atoms with van der Waals surface area (Å²) in [5.74, 6) is -0.834. The summed E-state index contributed by atoms with van der Waals surface area (Å²) >= 11 is 0. The molecule has 0 aliphatic rings. The van der Waals surface area contributed by atoms with E-state index in [1.807, 2.05) is 0 Å². The van der Waals surface area contributed by atoms with Gasteiger partial charge >= 0.3 is 6.03 Å². The third-order valence-corrected chi connectivity index (χ3v) is 1.94. The van der Waals surface area contributed by atoms with Crippen LogP contribution in [0, 0.1) is 5.82 Å². The Morgan fingerprint density at radius 3 is 2.71 bits per heavy atom. The van der Waals surface area contributed by atoms with Gasteiger partial charge in [0.05, 0.1) is 0 Å². The van der Waals surface area contributed by atoms with Gasteiger partial charge in [-0.15, -0.1) is 0 Å². The molecule has 0 aliphatic carbocycles. The van der Waals surface area contributed by atoms with E-state index in [1.54, 1.807) is 0 Å². The van der Waals surface area contributed by atoms with E-state index in [2.05, 4.69) is 10.6 Å². The van der Waals surface area contributed by atoms with Crippen LogP contribution in [0.5, 0.6) is 5.75 Å². The maximum Gasteiger partial charge on any atom is 0.321 e. The van der Waals surface area contributed by atoms with Crippen LogP contribution in [0.25, 0.3) is 0 Å². The maximum atomic E-state index is 12.8. The molecule has 0 saturated carbocycles. The molecule has 92 valence electrons. The smallest absolute Gasteiger partial charge is 0.321 e. The molecule has 0 spiro atoms. The number of rotatable bonds is 3. The minimum atomic E-state index is -0.894. The first kappa shape index (κ1) is 13.0. The van der Waals surface area contributed by atoms with Crippen molar-refractivity contribution in [3.63, 3.8) is 0 Å². The number of urea groups is 1. The van der Waals surface area contributed by atoms with Gasteiger partial charge in [0, 0.05) is 13.1 Å². The topological polar surface area (TPSA) is 67.4 Å². The van der Waals surface area contributed by atoms with Gasteiger partial charge in [-0.25, -0.2) is 9.18 Å². The molecule has 0 aliphatic heterocycles. The zero-order chi connectivity index (χ0) is 12.8. The van der Waals surface area contributed by atoms with Crippen LogP contribution in [0.3, 0.4) is 0 Å². The average molecular weight is 240 g/mol. The van der Waals surface area contributed by atoms with Gasteiger partial charge in [-0.2, -0.15) is 0 Å². The van der Waals surface area contributed by atoms with Crippen LogP contribution in [-0.4, -0.2) is 25.1 Å². The van der Waals surface area contributed by atoms with Gasteiger partial charge in [-0.1, -0.05) is 6.07 Å². The number of carbonyl (C=O) groups is 2. The fraction of sp³-hybridized carbons (Fsp3) is 0.273. The van der Waals surface area contributed by atoms with Gasteiger partial charge in [0.15, 0.2) is 6.10 Å². The van der Waals surface area contributed by atoms with Crippen LogP contribution < -0.4 is 15.4 Å². The molecule has 0 unspecified atom stereocenters. The molecule has 1 aromatic carbocycles. The Kier molecular flexibility index (Phi) is 4.45. The Labute approximate surface area is 98.0 Å². The first-order valence-electron chi connectivity index (χ1n) is 4.97. The summed E-state index contributed by atoms with van der Waals surface area (Å²) in [6.45, 7) is 1.46. The number of carbonyl (C=O) groups excluding carboxylic acids is 2. The highest BCUT2D eigenvalue weighted by Gasteiger charge is 2.16. The Hall–Kier alpha value is -2.11. The van der Waals surface area contributed by atoms with Crippen molar-refractivity contribution in [2.24, 2.45) is 0 Å². The molecule has 0 radical (unpaired) electrons. The lowest BCUT2D eigenvalue weighted by molar-refractivity contribution is -0.126. The van der Waals surface area contributed by atoms with Gasteiger partial charge < -0.3 is 10.1 Å². The Bertz CT molecular complexity index is 423. The summed E-state index contributed by atoms with van der Waals surface area (Å²) in [7, 11) is 1.39. The molecule has 0 heterocycles. The molecule has 0 fully saturated rings. The van der Waals surface area contributed by atoms with E-state index in [0.717, 1.165) is 6.07 Å². The molecule has 0 aromatic heterocycles. The van der Waals surface area contributed by atoms with Crippen molar-refractivity contribution in [2.45, 2.75) is 13.0 Å². The zero-order valence-corrected chi connectivity index (χ0v) is 9.49. The predicted molar refractivity (Wildman–Crippen MR) is 59.1 cm³/mol. The van der Waals surface area contributed by atoms with Crippen LogP contribution in [0.15, 0.2) is 24.3 Å². The highest BCUT2D eigenvalue weighted by Crippen LogP contribution is 2.13. The Balaban J connectivity index is 2.57. The first-order valence-corrected chi connectivity index (χ1v) is 4.97. The summed E-state index contributed by atoms with van der Waals surface area (Å²) in [6, 6.07) is 4.79. The summed E-state index contributed by atoms with van der Waals surface area (Å²) < 4.78 is 18.0. The van der Waals surface area contributed by atoms with E-state index in [1.165, 1.54) is 32.2 Å². The SMILES string of the molecule is CNC(=O)NC(=O)[C@H](C)Oc1cccc(F)c1. The van der Waals surface area contributed by atoms with Gasteiger partial charge in [0.2, 0.25) is 0 Å². The second-order valence-corrected chi connectivity index (χ2v) is 3.29. The van der Waals surface area contributed by atoms with E-state index in [-0.39, 0.29) is 5.75 Å². The number of imide groups is 1. The maximum absolute atomic E-state index is 12.8. The van der Waals surface area contributed by atoms with Crippen LogP contribution in [0.1, 0.15) is 6.92 Å². The molecule has 1 aromatic rings. The normalized spacial score (nSPS) is 11.5. The van der Waals surface area contributed by atoms with Crippen LogP contribution in [0.4, 0.5) is 9.18 Å². The van der Waals surface area contributed by atoms with E-state index in [4.69, 9.17) is 4.74 Å². The zero-order valence-electron chi connectivity index (χ0n) is 9.49. The van der Waals surface area contributed by atoms with Gasteiger partial charge in [0.25, 0.3) is 5.91 Å². The molecule has 3 amide bonds. The van der Waals surface area contributed by atoms with Gasteiger partial charge in [-0.05, 0) is 19.1 Å². The standard InChI is InChI=1S/C11H13FN2O3/c1-7(10(15)14-11(16)13-2)17-9-5-3-4-8(12)6-9/h3-7H,1-2H3,(H2,13,14,15,16)/t7-/m0/s1. The van der Waals surface area contributed by atoms with Crippen molar-refractivity contribution in [2.75, 3.05) is 7.05 Å². The van der Waals surface area contributed by atoms with Gasteiger partial charge in [0.1, 0.15) is 11.6 Å². The molecule has 0 bridgehead atoms. The lowest BCUT2D eigenvalue weighted by Crippen LogP contribution is -2.43. The van der Waals surface area contributed by atoms with Crippen molar-refractivity contribution in [3.8, 4) is 5.75 Å². The number of benzene rings is 1. The Morgan fingerprint density at radius 2 is 2.12 bits per heavy atom. The van der Waals surface area contributed by atoms with Crippen molar-refractivity contribution < 1.29 is 18.7 Å². The van der Waals surface area contributed by atoms with E-state index in [0.29, 0.717) is 0 Å². The second kappa shape index (κ2) is 5.83. The summed E-state index contributed by atoms with van der Waals surface area (Å²) in [5.41, 5.74) is 0. The number of nitrogens with one attached hydrogen (secondary N) is 2. The molecule has 1 atom stereocenters. The third kappa shape index (κ3) is 4.10. The monoisotopic (exact) mass is 240 g/mol. The Morgan fingerprint density at radius 1 is 1.41 bits per heavy atom. The van der Waals surface area contributed by atoms with E-state index in [9.17, 15) is 14.0 Å². The average Bonchev–Trinajstić information content (AvgIpc) is 2.28. The molecule has 17 heavy (non-hydrogen) atoms. The van der Waals surface area contributed by atoms with E-state index >= 15 is 0 Å². The minimum absolute atomic E-state index is 0.226. The lowest BCUT2D eigenvalue weighted by Gasteiger charge is -2.13. The van der Waals surface area contributed by atoms with Crippen molar-refractivity contribution in [1.29, 1.82) is 0 Å². The lowest BCUT2D eigenvalue weighted by atomic mass is 10.3. The summed E-state index contributed by atoms with van der Waals surface area (Å²) in [5, 5.41) is 4.29. The second-order valence-electron chi connectivity index (χ2n) is 3.29. The third-order valence-electron chi connectivity index (χ3n) is 1.94. The molecule has 5 nitrogen and oxygen atoms in total.